The van der Waals surface area contributed by atoms with Gasteiger partial charge in [-0.05, 0) is 29.0 Å². The molecule has 0 spiro atoms. The van der Waals surface area contributed by atoms with Crippen LogP contribution in [0.5, 0.6) is 0 Å². The Labute approximate surface area is 162 Å². The summed E-state index contributed by atoms with van der Waals surface area (Å²) in [5.41, 5.74) is 4.60. The number of carbonyl (C=O) groups is 1. The number of carbonyl (C=O) groups excluding carboxylic acids is 1. The highest BCUT2D eigenvalue weighted by atomic mass is 16.5. The molecular formula is C25H28O2. The van der Waals surface area contributed by atoms with E-state index in [1.165, 1.54) is 5.57 Å². The summed E-state index contributed by atoms with van der Waals surface area (Å²) in [6, 6.07) is 20.4. The van der Waals surface area contributed by atoms with Crippen molar-refractivity contribution in [2.75, 3.05) is 6.61 Å². The molecule has 2 nitrogen and oxygen atoms in total. The van der Waals surface area contributed by atoms with E-state index in [-0.39, 0.29) is 23.2 Å². The van der Waals surface area contributed by atoms with Crippen molar-refractivity contribution in [1.82, 2.24) is 0 Å². The van der Waals surface area contributed by atoms with Crippen LogP contribution < -0.4 is 0 Å². The first-order chi connectivity index (χ1) is 12.9. The van der Waals surface area contributed by atoms with Crippen molar-refractivity contribution in [3.63, 3.8) is 0 Å². The molecule has 0 heterocycles. The molecular weight excluding hydrogens is 332 g/mol. The van der Waals surface area contributed by atoms with Gasteiger partial charge in [0.1, 0.15) is 6.61 Å². The number of rotatable bonds is 5. The normalized spacial score (nSPS) is 16.9. The van der Waals surface area contributed by atoms with E-state index >= 15 is 0 Å². The van der Waals surface area contributed by atoms with Crippen LogP contribution >= 0.6 is 0 Å². The Balaban J connectivity index is 1.76. The van der Waals surface area contributed by atoms with Gasteiger partial charge in [-0.25, -0.2) is 0 Å². The average Bonchev–Trinajstić information content (AvgIpc) is 3.06. The number of esters is 1. The number of hydrogen-bond acceptors (Lipinski definition) is 2. The molecule has 1 unspecified atom stereocenters. The Hall–Kier alpha value is -2.61. The van der Waals surface area contributed by atoms with E-state index < -0.39 is 0 Å². The fourth-order valence-electron chi connectivity index (χ4n) is 3.43. The Kier molecular flexibility index (Phi) is 5.65. The molecule has 2 heteroatoms. The van der Waals surface area contributed by atoms with Gasteiger partial charge < -0.3 is 4.74 Å². The van der Waals surface area contributed by atoms with Gasteiger partial charge in [0.05, 0.1) is 5.92 Å². The second kappa shape index (κ2) is 7.96. The number of benzene rings is 2. The van der Waals surface area contributed by atoms with Crippen LogP contribution in [0.3, 0.4) is 0 Å². The quantitative estimate of drug-likeness (QED) is 0.620. The molecule has 0 saturated heterocycles. The van der Waals surface area contributed by atoms with Crippen LogP contribution in [0, 0.1) is 11.3 Å². The van der Waals surface area contributed by atoms with E-state index in [0.29, 0.717) is 6.61 Å². The van der Waals surface area contributed by atoms with Crippen LogP contribution in [0.15, 0.2) is 84.0 Å². The minimum atomic E-state index is -0.272. The van der Waals surface area contributed by atoms with Crippen molar-refractivity contribution >= 4 is 5.97 Å². The Morgan fingerprint density at radius 3 is 1.93 bits per heavy atom. The fraction of sp³-hybridized carbons (Fsp3) is 0.320. The van der Waals surface area contributed by atoms with Gasteiger partial charge in [-0.1, -0.05) is 99.2 Å². The maximum absolute atomic E-state index is 12.8. The van der Waals surface area contributed by atoms with Crippen LogP contribution in [0.2, 0.25) is 0 Å². The zero-order valence-electron chi connectivity index (χ0n) is 16.6. The van der Waals surface area contributed by atoms with Crippen molar-refractivity contribution in [3.05, 3.63) is 95.1 Å². The average molecular weight is 360 g/mol. The summed E-state index contributed by atoms with van der Waals surface area (Å²) < 4.78 is 5.80. The highest BCUT2D eigenvalue weighted by Gasteiger charge is 2.29. The smallest absolute Gasteiger partial charge is 0.317 e. The van der Waals surface area contributed by atoms with Crippen LogP contribution in [-0.2, 0) is 9.53 Å². The summed E-state index contributed by atoms with van der Waals surface area (Å²) in [5, 5.41) is 0. The predicted molar refractivity (Wildman–Crippen MR) is 110 cm³/mol. The lowest BCUT2D eigenvalue weighted by Gasteiger charge is -2.20. The van der Waals surface area contributed by atoms with Crippen LogP contribution in [0.4, 0.5) is 0 Å². The van der Waals surface area contributed by atoms with E-state index in [0.717, 1.165) is 16.7 Å². The lowest BCUT2D eigenvalue weighted by Crippen LogP contribution is -2.20. The molecule has 0 aromatic heterocycles. The lowest BCUT2D eigenvalue weighted by atomic mass is 9.87. The monoisotopic (exact) mass is 360 g/mol. The van der Waals surface area contributed by atoms with Gasteiger partial charge in [-0.3, -0.25) is 4.79 Å². The van der Waals surface area contributed by atoms with E-state index in [2.05, 4.69) is 57.2 Å². The SMILES string of the molecule is CC1=CC(C(C)(C)C)=CC1C(=O)OCC(c1ccccc1)c1ccccc1. The van der Waals surface area contributed by atoms with Gasteiger partial charge in [0.25, 0.3) is 0 Å². The number of ether oxygens (including phenoxy) is 1. The third kappa shape index (κ3) is 4.57. The fourth-order valence-corrected chi connectivity index (χ4v) is 3.43. The molecule has 0 saturated carbocycles. The molecule has 0 radical (unpaired) electrons. The van der Waals surface area contributed by atoms with Gasteiger partial charge in [-0.2, -0.15) is 0 Å². The zero-order valence-corrected chi connectivity index (χ0v) is 16.6. The zero-order chi connectivity index (χ0) is 19.4. The topological polar surface area (TPSA) is 26.3 Å². The first kappa shape index (κ1) is 19.2. The van der Waals surface area contributed by atoms with Gasteiger partial charge in [0.15, 0.2) is 0 Å². The summed E-state index contributed by atoms with van der Waals surface area (Å²) in [6.45, 7) is 8.84. The van der Waals surface area contributed by atoms with Gasteiger partial charge >= 0.3 is 5.97 Å². The van der Waals surface area contributed by atoms with E-state index in [1.54, 1.807) is 0 Å². The highest BCUT2D eigenvalue weighted by Crippen LogP contribution is 2.36. The second-order valence-electron chi connectivity index (χ2n) is 8.24. The van der Waals surface area contributed by atoms with E-state index in [4.69, 9.17) is 4.74 Å². The summed E-state index contributed by atoms with van der Waals surface area (Å²) >= 11 is 0. The van der Waals surface area contributed by atoms with Crippen molar-refractivity contribution in [2.45, 2.75) is 33.6 Å². The Morgan fingerprint density at radius 2 is 1.48 bits per heavy atom. The van der Waals surface area contributed by atoms with Crippen molar-refractivity contribution < 1.29 is 9.53 Å². The number of allylic oxidation sites excluding steroid dienone is 2. The first-order valence-corrected chi connectivity index (χ1v) is 9.53. The summed E-state index contributed by atoms with van der Waals surface area (Å²) in [4.78, 5) is 12.8. The molecule has 3 rings (SSSR count). The largest absolute Gasteiger partial charge is 0.464 e. The maximum Gasteiger partial charge on any atom is 0.317 e. The van der Waals surface area contributed by atoms with Crippen molar-refractivity contribution in [1.29, 1.82) is 0 Å². The summed E-state index contributed by atoms with van der Waals surface area (Å²) in [6.07, 6.45) is 4.18. The summed E-state index contributed by atoms with van der Waals surface area (Å²) in [7, 11) is 0. The third-order valence-electron chi connectivity index (χ3n) is 5.14. The number of hydrogen-bond donors (Lipinski definition) is 0. The Morgan fingerprint density at radius 1 is 0.963 bits per heavy atom. The molecule has 27 heavy (non-hydrogen) atoms. The van der Waals surface area contributed by atoms with Crippen molar-refractivity contribution in [2.24, 2.45) is 11.3 Å². The standard InChI is InChI=1S/C25H28O2/c1-18-15-21(25(2,3)4)16-22(18)24(26)27-17-23(19-11-7-5-8-12-19)20-13-9-6-10-14-20/h5-16,22-23H,17H2,1-4H3. The van der Waals surface area contributed by atoms with Gasteiger partial charge in [-0.15, -0.1) is 0 Å². The van der Waals surface area contributed by atoms with Crippen LogP contribution in [-0.4, -0.2) is 12.6 Å². The second-order valence-corrected chi connectivity index (χ2v) is 8.24. The van der Waals surface area contributed by atoms with Gasteiger partial charge in [0, 0.05) is 5.92 Å². The van der Waals surface area contributed by atoms with Gasteiger partial charge in [0.2, 0.25) is 0 Å². The van der Waals surface area contributed by atoms with E-state index in [1.807, 2.05) is 43.3 Å². The molecule has 1 aliphatic carbocycles. The molecule has 2 aromatic carbocycles. The highest BCUT2D eigenvalue weighted by molar-refractivity contribution is 5.80. The molecule has 0 N–H and O–H groups in total. The Bertz CT molecular complexity index is 799. The van der Waals surface area contributed by atoms with Crippen molar-refractivity contribution in [3.8, 4) is 0 Å². The minimum absolute atomic E-state index is 0.0346. The molecule has 1 atom stereocenters. The molecule has 0 amide bonds. The predicted octanol–water partition coefficient (Wildman–Crippen LogP) is 5.91. The molecule has 0 aliphatic heterocycles. The molecule has 140 valence electrons. The molecule has 2 aromatic rings. The van der Waals surface area contributed by atoms with E-state index in [9.17, 15) is 4.79 Å². The minimum Gasteiger partial charge on any atom is -0.464 e. The van der Waals surface area contributed by atoms with Crippen LogP contribution in [0.1, 0.15) is 44.7 Å². The molecule has 1 aliphatic rings. The van der Waals surface area contributed by atoms with Crippen LogP contribution in [0.25, 0.3) is 0 Å². The molecule has 0 fully saturated rings. The first-order valence-electron chi connectivity index (χ1n) is 9.53. The maximum atomic E-state index is 12.8. The summed E-state index contributed by atoms with van der Waals surface area (Å²) in [5.74, 6) is -0.403. The molecule has 0 bridgehead atoms. The lowest BCUT2D eigenvalue weighted by molar-refractivity contribution is -0.145. The third-order valence-corrected chi connectivity index (χ3v) is 5.14.